The molecule has 1 unspecified atom stereocenters. The number of aryl methyl sites for hydroxylation is 2. The normalized spacial score (nSPS) is 12.8. The van der Waals surface area contributed by atoms with Crippen molar-refractivity contribution in [2.45, 2.75) is 39.9 Å². The Kier molecular flexibility index (Phi) is 6.12. The molecule has 0 heterocycles. The van der Waals surface area contributed by atoms with Crippen molar-refractivity contribution in [2.75, 3.05) is 18.5 Å². The Balaban J connectivity index is 2.48. The van der Waals surface area contributed by atoms with E-state index in [2.05, 4.69) is 47.2 Å². The van der Waals surface area contributed by atoms with E-state index in [1.54, 1.807) is 0 Å². The summed E-state index contributed by atoms with van der Waals surface area (Å²) in [6.45, 7) is 8.89. The van der Waals surface area contributed by atoms with Gasteiger partial charge in [-0.15, -0.1) is 0 Å². The Labute approximate surface area is 118 Å². The standard InChI is InChI=1S/C14H22BrNO2/c1-9(2)18-8-13(17)7-16-12-5-10(3)14(15)11(4)6-12/h5-6,9,13,16-17H,7-8H2,1-4H3. The molecule has 2 N–H and O–H groups in total. The fraction of sp³-hybridized carbons (Fsp3) is 0.571. The summed E-state index contributed by atoms with van der Waals surface area (Å²) >= 11 is 3.54. The number of rotatable bonds is 6. The number of hydrogen-bond donors (Lipinski definition) is 2. The van der Waals surface area contributed by atoms with Crippen LogP contribution in [0.3, 0.4) is 0 Å². The molecule has 18 heavy (non-hydrogen) atoms. The molecule has 0 bridgehead atoms. The fourth-order valence-corrected chi connectivity index (χ4v) is 1.87. The molecule has 0 aliphatic heterocycles. The van der Waals surface area contributed by atoms with Gasteiger partial charge in [-0.1, -0.05) is 15.9 Å². The van der Waals surface area contributed by atoms with Crippen molar-refractivity contribution in [2.24, 2.45) is 0 Å². The van der Waals surface area contributed by atoms with Crippen molar-refractivity contribution in [1.29, 1.82) is 0 Å². The number of benzene rings is 1. The monoisotopic (exact) mass is 315 g/mol. The predicted octanol–water partition coefficient (Wildman–Crippen LogP) is 3.26. The average molecular weight is 316 g/mol. The van der Waals surface area contributed by atoms with Crippen LogP contribution in [0.15, 0.2) is 16.6 Å². The number of ether oxygens (including phenoxy) is 1. The minimum absolute atomic E-state index is 0.150. The zero-order valence-corrected chi connectivity index (χ0v) is 13.0. The molecule has 0 saturated carbocycles. The van der Waals surface area contributed by atoms with Crippen LogP contribution < -0.4 is 5.32 Å². The molecule has 1 aromatic carbocycles. The summed E-state index contributed by atoms with van der Waals surface area (Å²) in [7, 11) is 0. The lowest BCUT2D eigenvalue weighted by atomic mass is 10.1. The van der Waals surface area contributed by atoms with E-state index in [0.717, 1.165) is 10.2 Å². The van der Waals surface area contributed by atoms with Gasteiger partial charge in [0.25, 0.3) is 0 Å². The third-order valence-corrected chi connectivity index (χ3v) is 3.85. The molecule has 0 amide bonds. The van der Waals surface area contributed by atoms with Gasteiger partial charge < -0.3 is 15.2 Å². The van der Waals surface area contributed by atoms with E-state index in [-0.39, 0.29) is 6.10 Å². The molecule has 0 aliphatic carbocycles. The van der Waals surface area contributed by atoms with Crippen LogP contribution in [0, 0.1) is 13.8 Å². The summed E-state index contributed by atoms with van der Waals surface area (Å²) in [6, 6.07) is 4.13. The van der Waals surface area contributed by atoms with Crippen LogP contribution in [0.4, 0.5) is 5.69 Å². The van der Waals surface area contributed by atoms with E-state index in [1.165, 1.54) is 11.1 Å². The summed E-state index contributed by atoms with van der Waals surface area (Å²) < 4.78 is 6.50. The second-order valence-corrected chi connectivity index (χ2v) is 5.63. The molecular formula is C14H22BrNO2. The van der Waals surface area contributed by atoms with Gasteiger partial charge in [0.15, 0.2) is 0 Å². The average Bonchev–Trinajstić information content (AvgIpc) is 2.30. The van der Waals surface area contributed by atoms with Gasteiger partial charge >= 0.3 is 0 Å². The predicted molar refractivity (Wildman–Crippen MR) is 79.2 cm³/mol. The molecule has 1 rings (SSSR count). The van der Waals surface area contributed by atoms with Crippen LogP contribution in [-0.2, 0) is 4.74 Å². The second kappa shape index (κ2) is 7.12. The van der Waals surface area contributed by atoms with E-state index in [4.69, 9.17) is 4.74 Å². The van der Waals surface area contributed by atoms with Crippen LogP contribution in [0.25, 0.3) is 0 Å². The Morgan fingerprint density at radius 1 is 1.28 bits per heavy atom. The van der Waals surface area contributed by atoms with Crippen molar-refractivity contribution >= 4 is 21.6 Å². The number of halogens is 1. The maximum atomic E-state index is 9.76. The van der Waals surface area contributed by atoms with Crippen molar-refractivity contribution in [3.8, 4) is 0 Å². The van der Waals surface area contributed by atoms with Gasteiger partial charge in [-0.3, -0.25) is 0 Å². The molecule has 0 fully saturated rings. The number of nitrogens with one attached hydrogen (secondary N) is 1. The van der Waals surface area contributed by atoms with Gasteiger partial charge in [-0.05, 0) is 51.0 Å². The molecule has 3 nitrogen and oxygen atoms in total. The minimum Gasteiger partial charge on any atom is -0.389 e. The van der Waals surface area contributed by atoms with E-state index in [9.17, 15) is 5.11 Å². The minimum atomic E-state index is -0.489. The molecule has 0 spiro atoms. The van der Waals surface area contributed by atoms with E-state index < -0.39 is 6.10 Å². The number of aliphatic hydroxyl groups is 1. The maximum absolute atomic E-state index is 9.76. The highest BCUT2D eigenvalue weighted by atomic mass is 79.9. The largest absolute Gasteiger partial charge is 0.389 e. The summed E-state index contributed by atoms with van der Waals surface area (Å²) in [5.74, 6) is 0. The molecule has 1 aromatic rings. The zero-order valence-electron chi connectivity index (χ0n) is 11.5. The molecule has 1 atom stereocenters. The third-order valence-electron chi connectivity index (χ3n) is 2.60. The van der Waals surface area contributed by atoms with Gasteiger partial charge in [0.2, 0.25) is 0 Å². The molecule has 0 saturated heterocycles. The molecule has 102 valence electrons. The van der Waals surface area contributed by atoms with E-state index >= 15 is 0 Å². The van der Waals surface area contributed by atoms with Gasteiger partial charge in [0.05, 0.1) is 18.8 Å². The van der Waals surface area contributed by atoms with Gasteiger partial charge in [-0.25, -0.2) is 0 Å². The Morgan fingerprint density at radius 2 is 1.83 bits per heavy atom. The molecular weight excluding hydrogens is 294 g/mol. The first-order valence-corrected chi connectivity index (χ1v) is 6.99. The van der Waals surface area contributed by atoms with Gasteiger partial charge in [-0.2, -0.15) is 0 Å². The first kappa shape index (κ1) is 15.5. The van der Waals surface area contributed by atoms with Crippen LogP contribution in [0.1, 0.15) is 25.0 Å². The number of hydrogen-bond acceptors (Lipinski definition) is 3. The smallest absolute Gasteiger partial charge is 0.0945 e. The van der Waals surface area contributed by atoms with Crippen LogP contribution in [0.5, 0.6) is 0 Å². The lowest BCUT2D eigenvalue weighted by molar-refractivity contribution is 0.0112. The summed E-state index contributed by atoms with van der Waals surface area (Å²) in [4.78, 5) is 0. The fourth-order valence-electron chi connectivity index (χ4n) is 1.65. The topological polar surface area (TPSA) is 41.5 Å². The second-order valence-electron chi connectivity index (χ2n) is 4.84. The molecule has 0 aromatic heterocycles. The van der Waals surface area contributed by atoms with Crippen LogP contribution >= 0.6 is 15.9 Å². The summed E-state index contributed by atoms with van der Waals surface area (Å²) in [6.07, 6.45) is -0.339. The first-order valence-electron chi connectivity index (χ1n) is 6.20. The Morgan fingerprint density at radius 3 is 2.33 bits per heavy atom. The third kappa shape index (κ3) is 4.96. The maximum Gasteiger partial charge on any atom is 0.0945 e. The van der Waals surface area contributed by atoms with E-state index in [1.807, 2.05) is 13.8 Å². The van der Waals surface area contributed by atoms with Gasteiger partial charge in [0.1, 0.15) is 0 Å². The summed E-state index contributed by atoms with van der Waals surface area (Å²) in [5, 5.41) is 13.0. The zero-order chi connectivity index (χ0) is 13.7. The lowest BCUT2D eigenvalue weighted by Gasteiger charge is -2.16. The number of aliphatic hydroxyl groups excluding tert-OH is 1. The van der Waals surface area contributed by atoms with Crippen molar-refractivity contribution < 1.29 is 9.84 Å². The summed E-state index contributed by atoms with van der Waals surface area (Å²) in [5.41, 5.74) is 3.40. The SMILES string of the molecule is Cc1cc(NCC(O)COC(C)C)cc(C)c1Br. The van der Waals surface area contributed by atoms with Gasteiger partial charge in [0, 0.05) is 16.7 Å². The quantitative estimate of drug-likeness (QED) is 0.846. The van der Waals surface area contributed by atoms with Crippen LogP contribution in [0.2, 0.25) is 0 Å². The van der Waals surface area contributed by atoms with Crippen LogP contribution in [-0.4, -0.2) is 30.5 Å². The highest BCUT2D eigenvalue weighted by Gasteiger charge is 2.07. The lowest BCUT2D eigenvalue weighted by Crippen LogP contribution is -2.26. The van der Waals surface area contributed by atoms with Crippen molar-refractivity contribution in [3.05, 3.63) is 27.7 Å². The van der Waals surface area contributed by atoms with E-state index in [0.29, 0.717) is 13.2 Å². The van der Waals surface area contributed by atoms with Crippen molar-refractivity contribution in [1.82, 2.24) is 0 Å². The molecule has 4 heteroatoms. The highest BCUT2D eigenvalue weighted by Crippen LogP contribution is 2.24. The highest BCUT2D eigenvalue weighted by molar-refractivity contribution is 9.10. The molecule has 0 radical (unpaired) electrons. The first-order chi connectivity index (χ1) is 8.40. The molecule has 0 aliphatic rings. The number of anilines is 1. The van der Waals surface area contributed by atoms with Crippen molar-refractivity contribution in [3.63, 3.8) is 0 Å². The Hall–Kier alpha value is -0.580. The Bertz CT molecular complexity index is 370.